The van der Waals surface area contributed by atoms with Gasteiger partial charge in [-0.05, 0) is 24.6 Å². The van der Waals surface area contributed by atoms with E-state index in [1.54, 1.807) is 42.5 Å². The lowest BCUT2D eigenvalue weighted by Gasteiger charge is -2.49. The van der Waals surface area contributed by atoms with Crippen molar-refractivity contribution in [3.05, 3.63) is 64.9 Å². The molecule has 0 aromatic heterocycles. The van der Waals surface area contributed by atoms with Crippen LogP contribution in [0.5, 0.6) is 11.5 Å². The van der Waals surface area contributed by atoms with Crippen LogP contribution in [0.25, 0.3) is 0 Å². The van der Waals surface area contributed by atoms with Gasteiger partial charge in [0.05, 0.1) is 37.8 Å². The van der Waals surface area contributed by atoms with Crippen LogP contribution in [0.3, 0.4) is 0 Å². The minimum atomic E-state index is -1.46. The molecule has 1 saturated carbocycles. The van der Waals surface area contributed by atoms with Gasteiger partial charge in [0, 0.05) is 33.6 Å². The predicted octanol–water partition coefficient (Wildman–Crippen LogP) is 1.65. The van der Waals surface area contributed by atoms with Crippen molar-refractivity contribution in [2.45, 2.75) is 28.7 Å². The SMILES string of the molecule is COc1cc(OC)c2c(c1)SC1CC3C(NC(=O)c4ccccc4)C(=O)C(C(N)=O)=C(O)C3C(O)C1C2=O. The van der Waals surface area contributed by atoms with Crippen LogP contribution >= 0.6 is 11.8 Å². The van der Waals surface area contributed by atoms with Gasteiger partial charge in [-0.25, -0.2) is 0 Å². The van der Waals surface area contributed by atoms with Gasteiger partial charge in [-0.1, -0.05) is 18.2 Å². The third-order valence-corrected chi connectivity index (χ3v) is 8.89. The maximum Gasteiger partial charge on any atom is 0.255 e. The summed E-state index contributed by atoms with van der Waals surface area (Å²) in [6.07, 6.45) is -1.28. The van der Waals surface area contributed by atoms with Crippen LogP contribution in [0.1, 0.15) is 27.1 Å². The van der Waals surface area contributed by atoms with Crippen LogP contribution in [0.2, 0.25) is 0 Å². The molecule has 2 aromatic carbocycles. The number of fused-ring (bicyclic) bond motifs is 3. The molecule has 3 aliphatic rings. The van der Waals surface area contributed by atoms with Crippen molar-refractivity contribution in [3.63, 3.8) is 0 Å². The van der Waals surface area contributed by atoms with Crippen molar-refractivity contribution >= 4 is 35.1 Å². The summed E-state index contributed by atoms with van der Waals surface area (Å²) in [6, 6.07) is 10.2. The fourth-order valence-electron chi connectivity index (χ4n) is 5.80. The standard InChI is InChI=1S/C27H26N2O8S/c1-36-12-8-14(37-2)18-15(9-12)38-16-10-13-17(22(30)19(16)24(18)32)23(31)20(26(28)34)25(33)21(13)29-27(35)11-6-4-3-5-7-11/h3-9,13,16-17,19,21-22,30-31H,10H2,1-2H3,(H2,28,34)(H,29,35). The first-order valence-corrected chi connectivity index (χ1v) is 12.8. The lowest BCUT2D eigenvalue weighted by Crippen LogP contribution is -2.61. The third-order valence-electron chi connectivity index (χ3n) is 7.52. The molecule has 11 heteroatoms. The highest BCUT2D eigenvalue weighted by atomic mass is 32.2. The van der Waals surface area contributed by atoms with Crippen LogP contribution in [0.4, 0.5) is 0 Å². The van der Waals surface area contributed by atoms with E-state index >= 15 is 0 Å². The monoisotopic (exact) mass is 538 g/mol. The quantitative estimate of drug-likeness (QED) is 0.414. The largest absolute Gasteiger partial charge is 0.511 e. The number of amides is 2. The number of carbonyl (C=O) groups is 4. The number of nitrogens with two attached hydrogens (primary N) is 1. The Morgan fingerprint density at radius 1 is 1.05 bits per heavy atom. The summed E-state index contributed by atoms with van der Waals surface area (Å²) in [4.78, 5) is 52.9. The Morgan fingerprint density at radius 2 is 1.76 bits per heavy atom. The second kappa shape index (κ2) is 9.80. The smallest absolute Gasteiger partial charge is 0.255 e. The van der Waals surface area contributed by atoms with E-state index in [9.17, 15) is 29.4 Å². The minimum absolute atomic E-state index is 0.184. The zero-order valence-corrected chi connectivity index (χ0v) is 21.4. The van der Waals surface area contributed by atoms with Crippen LogP contribution < -0.4 is 20.5 Å². The normalized spacial score (nSPS) is 28.1. The van der Waals surface area contributed by atoms with Crippen molar-refractivity contribution in [2.75, 3.05) is 14.2 Å². The summed E-state index contributed by atoms with van der Waals surface area (Å²) in [7, 11) is 2.92. The van der Waals surface area contributed by atoms with Crippen LogP contribution in [0.15, 0.2) is 58.7 Å². The van der Waals surface area contributed by atoms with Crippen molar-refractivity contribution in [1.82, 2.24) is 5.32 Å². The van der Waals surface area contributed by atoms with Gasteiger partial charge >= 0.3 is 0 Å². The van der Waals surface area contributed by atoms with Gasteiger partial charge in [0.25, 0.3) is 11.8 Å². The molecule has 1 aliphatic heterocycles. The molecule has 6 atom stereocenters. The summed E-state index contributed by atoms with van der Waals surface area (Å²) < 4.78 is 10.8. The van der Waals surface area contributed by atoms with E-state index in [1.807, 2.05) is 0 Å². The number of ketones is 2. The lowest BCUT2D eigenvalue weighted by atomic mass is 9.62. The number of hydrogen-bond acceptors (Lipinski definition) is 9. The van der Waals surface area contributed by atoms with Crippen molar-refractivity contribution in [3.8, 4) is 11.5 Å². The van der Waals surface area contributed by atoms with E-state index < -0.39 is 64.1 Å². The van der Waals surface area contributed by atoms with Gasteiger partial charge in [-0.2, -0.15) is 0 Å². The second-order valence-electron chi connectivity index (χ2n) is 9.47. The van der Waals surface area contributed by atoms with Crippen molar-refractivity contribution in [1.29, 1.82) is 0 Å². The average Bonchev–Trinajstić information content (AvgIpc) is 2.90. The molecule has 1 fully saturated rings. The van der Waals surface area contributed by atoms with Crippen molar-refractivity contribution < 1.29 is 38.9 Å². The van der Waals surface area contributed by atoms with Crippen LogP contribution in [0, 0.1) is 17.8 Å². The maximum atomic E-state index is 13.7. The Hall–Kier alpha value is -3.83. The number of methoxy groups -OCH3 is 2. The van der Waals surface area contributed by atoms with E-state index in [-0.39, 0.29) is 23.5 Å². The molecule has 2 amide bonds. The molecular formula is C27H26N2O8S. The molecule has 5 N–H and O–H groups in total. The first-order chi connectivity index (χ1) is 18.2. The molecule has 1 heterocycles. The maximum absolute atomic E-state index is 13.7. The van der Waals surface area contributed by atoms with Crippen molar-refractivity contribution in [2.24, 2.45) is 23.5 Å². The number of rotatable bonds is 5. The van der Waals surface area contributed by atoms with E-state index in [1.165, 1.54) is 26.0 Å². The van der Waals surface area contributed by atoms with Crippen LogP contribution in [-0.2, 0) is 9.59 Å². The van der Waals surface area contributed by atoms with Gasteiger partial charge in [-0.3, -0.25) is 19.2 Å². The Labute approximate surface area is 222 Å². The summed E-state index contributed by atoms with van der Waals surface area (Å²) in [5.41, 5.74) is 5.34. The minimum Gasteiger partial charge on any atom is -0.511 e. The van der Waals surface area contributed by atoms with E-state index in [0.717, 1.165) is 0 Å². The van der Waals surface area contributed by atoms with E-state index in [4.69, 9.17) is 15.2 Å². The number of ether oxygens (including phenoxy) is 2. The molecule has 6 unspecified atom stereocenters. The van der Waals surface area contributed by atoms with Gasteiger partial charge in [0.2, 0.25) is 0 Å². The summed E-state index contributed by atoms with van der Waals surface area (Å²) in [5.74, 6) is -5.78. The zero-order chi connectivity index (χ0) is 27.3. The Morgan fingerprint density at radius 3 is 2.39 bits per heavy atom. The first kappa shape index (κ1) is 25.8. The fourth-order valence-corrected chi connectivity index (χ4v) is 7.38. The predicted molar refractivity (Wildman–Crippen MR) is 136 cm³/mol. The van der Waals surface area contributed by atoms with E-state index in [2.05, 4.69) is 5.32 Å². The number of nitrogens with one attached hydrogen (secondary N) is 1. The number of primary amides is 1. The molecule has 0 radical (unpaired) electrons. The number of benzene rings is 2. The third kappa shape index (κ3) is 4.02. The molecule has 5 rings (SSSR count). The topological polar surface area (TPSA) is 165 Å². The zero-order valence-electron chi connectivity index (χ0n) is 20.5. The molecule has 2 aromatic rings. The number of carbonyl (C=O) groups excluding carboxylic acids is 4. The molecule has 38 heavy (non-hydrogen) atoms. The molecular weight excluding hydrogens is 512 g/mol. The number of hydrogen-bond donors (Lipinski definition) is 4. The number of Topliss-reactive ketones (excluding diaryl/α,β-unsaturated/α-hetero) is 2. The summed E-state index contributed by atoms with van der Waals surface area (Å²) >= 11 is 1.34. The lowest BCUT2D eigenvalue weighted by molar-refractivity contribution is -0.127. The Bertz CT molecular complexity index is 1370. The summed E-state index contributed by atoms with van der Waals surface area (Å²) in [6.45, 7) is 0. The highest BCUT2D eigenvalue weighted by Gasteiger charge is 2.58. The second-order valence-corrected chi connectivity index (χ2v) is 10.8. The summed E-state index contributed by atoms with van der Waals surface area (Å²) in [5, 5.41) is 24.7. The molecule has 198 valence electrons. The number of aliphatic hydroxyl groups excluding tert-OH is 2. The Balaban J connectivity index is 1.57. The highest BCUT2D eigenvalue weighted by Crippen LogP contribution is 2.54. The van der Waals surface area contributed by atoms with Gasteiger partial charge < -0.3 is 30.7 Å². The Kier molecular flexibility index (Phi) is 6.66. The fraction of sp³-hybridized carbons (Fsp3) is 0.333. The number of thioether (sulfide) groups is 1. The van der Waals surface area contributed by atoms with Gasteiger partial charge in [0.1, 0.15) is 22.8 Å². The van der Waals surface area contributed by atoms with Gasteiger partial charge in [-0.15, -0.1) is 11.8 Å². The van der Waals surface area contributed by atoms with E-state index in [0.29, 0.717) is 16.2 Å². The molecule has 0 spiro atoms. The molecule has 0 bridgehead atoms. The highest BCUT2D eigenvalue weighted by molar-refractivity contribution is 8.00. The first-order valence-electron chi connectivity index (χ1n) is 12.0. The average molecular weight is 539 g/mol. The molecule has 2 aliphatic carbocycles. The van der Waals surface area contributed by atoms with Gasteiger partial charge in [0.15, 0.2) is 11.6 Å². The molecule has 0 saturated heterocycles. The number of aliphatic hydroxyl groups is 2. The molecule has 10 nitrogen and oxygen atoms in total. The van der Waals surface area contributed by atoms with Crippen LogP contribution in [-0.4, -0.2) is 65.2 Å².